The van der Waals surface area contributed by atoms with Gasteiger partial charge in [0.2, 0.25) is 5.91 Å². The van der Waals surface area contributed by atoms with Crippen LogP contribution >= 0.6 is 0 Å². The van der Waals surface area contributed by atoms with Crippen LogP contribution < -0.4 is 11.1 Å². The van der Waals surface area contributed by atoms with Gasteiger partial charge in [-0.05, 0) is 33.1 Å². The van der Waals surface area contributed by atoms with Gasteiger partial charge in [-0.25, -0.2) is 0 Å². The van der Waals surface area contributed by atoms with E-state index >= 15 is 0 Å². The second-order valence-electron chi connectivity index (χ2n) is 5.40. The van der Waals surface area contributed by atoms with E-state index in [0.717, 1.165) is 12.8 Å². The van der Waals surface area contributed by atoms with Crippen molar-refractivity contribution < 1.29 is 9.53 Å². The maximum absolute atomic E-state index is 11.6. The zero-order chi connectivity index (χ0) is 11.1. The summed E-state index contributed by atoms with van der Waals surface area (Å²) in [6.45, 7) is 4.63. The third kappa shape index (κ3) is 2.32. The highest BCUT2D eigenvalue weighted by Gasteiger charge is 2.47. The van der Waals surface area contributed by atoms with E-state index in [4.69, 9.17) is 10.5 Å². The van der Waals surface area contributed by atoms with Gasteiger partial charge in [-0.3, -0.25) is 4.79 Å². The number of nitrogens with two attached hydrogens (primary N) is 1. The predicted octanol–water partition coefficient (Wildman–Crippen LogP) is 0.551. The molecule has 1 atom stereocenters. The molecule has 4 heteroatoms. The maximum Gasteiger partial charge on any atom is 0.237 e. The summed E-state index contributed by atoms with van der Waals surface area (Å²) in [6, 6.07) is 0.492. The lowest BCUT2D eigenvalue weighted by Gasteiger charge is -2.43. The molecule has 1 heterocycles. The average Bonchev–Trinajstić information content (AvgIpc) is 2.85. The number of hydrogen-bond donors (Lipinski definition) is 2. The molecule has 1 aliphatic heterocycles. The minimum Gasteiger partial charge on any atom is -0.375 e. The molecular weight excluding hydrogens is 192 g/mol. The zero-order valence-electron chi connectivity index (χ0n) is 9.51. The molecule has 0 aromatic heterocycles. The van der Waals surface area contributed by atoms with Crippen LogP contribution in [0.4, 0.5) is 0 Å². The number of carbonyl (C=O) groups is 1. The lowest BCUT2D eigenvalue weighted by atomic mass is 9.80. The van der Waals surface area contributed by atoms with Crippen molar-refractivity contribution in [2.75, 3.05) is 6.61 Å². The van der Waals surface area contributed by atoms with Crippen molar-refractivity contribution in [2.45, 2.75) is 56.7 Å². The number of hydrogen-bond acceptors (Lipinski definition) is 3. The van der Waals surface area contributed by atoms with Crippen molar-refractivity contribution in [1.29, 1.82) is 0 Å². The summed E-state index contributed by atoms with van der Waals surface area (Å²) in [5.41, 5.74) is 4.75. The van der Waals surface area contributed by atoms with Crippen LogP contribution in [0, 0.1) is 0 Å². The molecule has 0 spiro atoms. The van der Waals surface area contributed by atoms with Crippen molar-refractivity contribution >= 4 is 5.91 Å². The number of primary amides is 1. The highest BCUT2D eigenvalue weighted by molar-refractivity contribution is 5.85. The fraction of sp³-hybridized carbons (Fsp3) is 0.909. The summed E-state index contributed by atoms with van der Waals surface area (Å²) >= 11 is 0. The third-order valence-corrected chi connectivity index (χ3v) is 3.28. The molecule has 2 fully saturated rings. The van der Waals surface area contributed by atoms with Crippen LogP contribution in [0.15, 0.2) is 0 Å². The highest BCUT2D eigenvalue weighted by atomic mass is 16.5. The second kappa shape index (κ2) is 3.46. The molecule has 0 aromatic rings. The lowest BCUT2D eigenvalue weighted by Crippen LogP contribution is -2.62. The van der Waals surface area contributed by atoms with Gasteiger partial charge in [0.15, 0.2) is 0 Å². The minimum absolute atomic E-state index is 0.231. The highest BCUT2D eigenvalue weighted by Crippen LogP contribution is 2.34. The van der Waals surface area contributed by atoms with Crippen molar-refractivity contribution in [2.24, 2.45) is 5.73 Å². The fourth-order valence-electron chi connectivity index (χ4n) is 2.39. The molecule has 15 heavy (non-hydrogen) atoms. The predicted molar refractivity (Wildman–Crippen MR) is 57.3 cm³/mol. The molecule has 2 aliphatic rings. The summed E-state index contributed by atoms with van der Waals surface area (Å²) in [7, 11) is 0. The molecule has 0 radical (unpaired) electrons. The third-order valence-electron chi connectivity index (χ3n) is 3.28. The van der Waals surface area contributed by atoms with Crippen LogP contribution in [0.3, 0.4) is 0 Å². The second-order valence-corrected chi connectivity index (χ2v) is 5.40. The van der Waals surface area contributed by atoms with Gasteiger partial charge in [-0.15, -0.1) is 0 Å². The topological polar surface area (TPSA) is 64.3 Å². The maximum atomic E-state index is 11.6. The number of carbonyl (C=O) groups excluding carboxylic acids is 1. The van der Waals surface area contributed by atoms with Gasteiger partial charge in [0, 0.05) is 19.1 Å². The monoisotopic (exact) mass is 212 g/mol. The Bertz CT molecular complexity index is 274. The number of amides is 1. The Morgan fingerprint density at radius 2 is 2.13 bits per heavy atom. The standard InChI is InChI=1S/C11H20N2O2/c1-10(2)7-11(9(12)14,5-6-15-10)13-8-3-4-8/h8,13H,3-7H2,1-2H3,(H2,12,14). The van der Waals surface area contributed by atoms with E-state index < -0.39 is 5.54 Å². The molecular formula is C11H20N2O2. The van der Waals surface area contributed by atoms with Crippen molar-refractivity contribution in [3.8, 4) is 0 Å². The van der Waals surface area contributed by atoms with Gasteiger partial charge in [0.05, 0.1) is 5.60 Å². The van der Waals surface area contributed by atoms with Gasteiger partial charge < -0.3 is 15.8 Å². The Morgan fingerprint density at radius 1 is 1.47 bits per heavy atom. The molecule has 1 aliphatic carbocycles. The smallest absolute Gasteiger partial charge is 0.237 e. The van der Waals surface area contributed by atoms with Gasteiger partial charge in [-0.1, -0.05) is 0 Å². The Hall–Kier alpha value is -0.610. The van der Waals surface area contributed by atoms with Crippen molar-refractivity contribution in [1.82, 2.24) is 5.32 Å². The summed E-state index contributed by atoms with van der Waals surface area (Å²) in [4.78, 5) is 11.6. The first-order valence-electron chi connectivity index (χ1n) is 5.65. The fourth-order valence-corrected chi connectivity index (χ4v) is 2.39. The Labute approximate surface area is 90.5 Å². The van der Waals surface area contributed by atoms with Crippen LogP contribution in [-0.2, 0) is 9.53 Å². The average molecular weight is 212 g/mol. The number of nitrogens with one attached hydrogen (secondary N) is 1. The largest absolute Gasteiger partial charge is 0.375 e. The van der Waals surface area contributed by atoms with Gasteiger partial charge in [0.25, 0.3) is 0 Å². The summed E-state index contributed by atoms with van der Waals surface area (Å²) in [6.07, 6.45) is 3.70. The molecule has 86 valence electrons. The SMILES string of the molecule is CC1(C)CC(NC2CC2)(C(N)=O)CCO1. The Morgan fingerprint density at radius 3 is 2.60 bits per heavy atom. The van der Waals surface area contributed by atoms with Crippen molar-refractivity contribution in [3.05, 3.63) is 0 Å². The van der Waals surface area contributed by atoms with E-state index in [1.807, 2.05) is 13.8 Å². The first-order chi connectivity index (χ1) is 6.94. The summed E-state index contributed by atoms with van der Waals surface area (Å²) in [5.74, 6) is -0.231. The summed E-state index contributed by atoms with van der Waals surface area (Å²) in [5, 5.41) is 3.41. The quantitative estimate of drug-likeness (QED) is 0.718. The molecule has 1 saturated heterocycles. The van der Waals surface area contributed by atoms with E-state index in [1.165, 1.54) is 0 Å². The van der Waals surface area contributed by atoms with Crippen LogP contribution in [-0.4, -0.2) is 29.7 Å². The minimum atomic E-state index is -0.539. The molecule has 1 amide bonds. The molecule has 0 aromatic carbocycles. The van der Waals surface area contributed by atoms with Crippen LogP contribution in [0.25, 0.3) is 0 Å². The van der Waals surface area contributed by atoms with E-state index in [9.17, 15) is 4.79 Å². The Kier molecular flexibility index (Phi) is 2.51. The molecule has 2 rings (SSSR count). The van der Waals surface area contributed by atoms with E-state index in [0.29, 0.717) is 25.5 Å². The molecule has 4 nitrogen and oxygen atoms in total. The first kappa shape index (κ1) is 10.9. The Balaban J connectivity index is 2.13. The van der Waals surface area contributed by atoms with Gasteiger partial charge in [-0.2, -0.15) is 0 Å². The van der Waals surface area contributed by atoms with Gasteiger partial charge >= 0.3 is 0 Å². The van der Waals surface area contributed by atoms with E-state index in [2.05, 4.69) is 5.32 Å². The molecule has 1 unspecified atom stereocenters. The van der Waals surface area contributed by atoms with Gasteiger partial charge in [0.1, 0.15) is 5.54 Å². The number of rotatable bonds is 3. The molecule has 3 N–H and O–H groups in total. The van der Waals surface area contributed by atoms with E-state index in [1.54, 1.807) is 0 Å². The van der Waals surface area contributed by atoms with E-state index in [-0.39, 0.29) is 11.5 Å². The first-order valence-corrected chi connectivity index (χ1v) is 5.65. The number of ether oxygens (including phenoxy) is 1. The molecule has 1 saturated carbocycles. The van der Waals surface area contributed by atoms with Crippen LogP contribution in [0.5, 0.6) is 0 Å². The normalized spacial score (nSPS) is 35.1. The van der Waals surface area contributed by atoms with Crippen LogP contribution in [0.1, 0.15) is 39.5 Å². The van der Waals surface area contributed by atoms with Crippen molar-refractivity contribution in [3.63, 3.8) is 0 Å². The lowest BCUT2D eigenvalue weighted by molar-refractivity contribution is -0.138. The van der Waals surface area contributed by atoms with Crippen LogP contribution in [0.2, 0.25) is 0 Å². The zero-order valence-corrected chi connectivity index (χ0v) is 9.51. The summed E-state index contributed by atoms with van der Waals surface area (Å²) < 4.78 is 5.62. The molecule has 0 bridgehead atoms.